The van der Waals surface area contributed by atoms with E-state index in [1.54, 1.807) is 12.1 Å². The van der Waals surface area contributed by atoms with Gasteiger partial charge in [-0.25, -0.2) is 0 Å². The third-order valence-corrected chi connectivity index (χ3v) is 4.57. The molecule has 1 aliphatic carbocycles. The number of hydrogen-bond donors (Lipinski definition) is 2. The summed E-state index contributed by atoms with van der Waals surface area (Å²) in [5, 5.41) is 2.89. The van der Waals surface area contributed by atoms with Crippen LogP contribution in [0.15, 0.2) is 35.1 Å². The number of benzene rings is 1. The summed E-state index contributed by atoms with van der Waals surface area (Å²) in [6.07, 6.45) is 5.40. The minimum Gasteiger partial charge on any atom is -0.348 e. The van der Waals surface area contributed by atoms with Crippen LogP contribution >= 0.6 is 0 Å². The highest BCUT2D eigenvalue weighted by Crippen LogP contribution is 2.23. The van der Waals surface area contributed by atoms with E-state index in [9.17, 15) is 9.59 Å². The van der Waals surface area contributed by atoms with Crippen molar-refractivity contribution in [1.29, 1.82) is 0 Å². The Labute approximate surface area is 135 Å². The Balaban J connectivity index is 1.85. The van der Waals surface area contributed by atoms with Crippen molar-refractivity contribution >= 4 is 5.91 Å². The third kappa shape index (κ3) is 3.36. The molecule has 0 unspecified atom stereocenters. The molecule has 120 valence electrons. The van der Waals surface area contributed by atoms with Gasteiger partial charge in [-0.1, -0.05) is 24.6 Å². The van der Waals surface area contributed by atoms with Crippen LogP contribution in [0.5, 0.6) is 0 Å². The van der Waals surface area contributed by atoms with E-state index >= 15 is 0 Å². The Morgan fingerprint density at radius 1 is 1.09 bits per heavy atom. The Hall–Kier alpha value is -2.36. The molecule has 0 saturated carbocycles. The molecule has 1 aromatic carbocycles. The van der Waals surface area contributed by atoms with Crippen LogP contribution in [0.3, 0.4) is 0 Å². The fraction of sp³-hybridized carbons (Fsp3) is 0.368. The van der Waals surface area contributed by atoms with Crippen molar-refractivity contribution < 1.29 is 4.79 Å². The quantitative estimate of drug-likeness (QED) is 0.856. The molecule has 0 atom stereocenters. The van der Waals surface area contributed by atoms with Crippen LogP contribution < -0.4 is 10.9 Å². The normalized spacial score (nSPS) is 14.0. The highest BCUT2D eigenvalue weighted by molar-refractivity contribution is 5.94. The zero-order valence-corrected chi connectivity index (χ0v) is 13.4. The lowest BCUT2D eigenvalue weighted by molar-refractivity contribution is 0.0950. The predicted octanol–water partition coefficient (Wildman–Crippen LogP) is 2.88. The number of aryl methyl sites for hydroxylation is 1. The predicted molar refractivity (Wildman–Crippen MR) is 90.7 cm³/mol. The van der Waals surface area contributed by atoms with Gasteiger partial charge < -0.3 is 10.3 Å². The van der Waals surface area contributed by atoms with Gasteiger partial charge in [0.2, 0.25) is 0 Å². The maximum Gasteiger partial charge on any atom is 0.253 e. The lowest BCUT2D eigenvalue weighted by Gasteiger charge is -2.15. The van der Waals surface area contributed by atoms with Gasteiger partial charge >= 0.3 is 0 Å². The van der Waals surface area contributed by atoms with Crippen LogP contribution in [0.1, 0.15) is 52.0 Å². The van der Waals surface area contributed by atoms with E-state index in [0.717, 1.165) is 42.5 Å². The number of rotatable bonds is 3. The zero-order valence-electron chi connectivity index (χ0n) is 13.4. The van der Waals surface area contributed by atoms with E-state index in [4.69, 9.17) is 0 Å². The standard InChI is InChI=1S/C19H22N2O2/c1-13-15-10-6-3-7-11-16(15)17(19(23)21-13)12-20-18(22)14-8-4-2-5-9-14/h2,4-5,8-9H,3,6-7,10-12H2,1H3,(H,20,22)(H,21,23). The van der Waals surface area contributed by atoms with Crippen molar-refractivity contribution in [1.82, 2.24) is 10.3 Å². The number of amides is 1. The molecule has 2 aromatic rings. The summed E-state index contributed by atoms with van der Waals surface area (Å²) in [6.45, 7) is 2.25. The van der Waals surface area contributed by atoms with Crippen molar-refractivity contribution in [2.45, 2.75) is 45.6 Å². The maximum atomic E-state index is 12.4. The summed E-state index contributed by atoms with van der Waals surface area (Å²) >= 11 is 0. The lowest BCUT2D eigenvalue weighted by atomic mass is 9.97. The van der Waals surface area contributed by atoms with Crippen LogP contribution in [0.25, 0.3) is 0 Å². The molecule has 1 heterocycles. The number of nitrogens with one attached hydrogen (secondary N) is 2. The second kappa shape index (κ2) is 6.82. The minimum atomic E-state index is -0.145. The molecule has 3 rings (SSSR count). The number of carbonyl (C=O) groups is 1. The first kappa shape index (κ1) is 15.5. The van der Waals surface area contributed by atoms with E-state index in [1.807, 2.05) is 25.1 Å². The van der Waals surface area contributed by atoms with Crippen LogP contribution in [-0.2, 0) is 19.4 Å². The molecule has 23 heavy (non-hydrogen) atoms. The average molecular weight is 310 g/mol. The second-order valence-corrected chi connectivity index (χ2v) is 6.12. The Bertz CT molecular complexity index is 763. The number of pyridine rings is 1. The first-order chi connectivity index (χ1) is 11.2. The Morgan fingerprint density at radius 2 is 1.78 bits per heavy atom. The van der Waals surface area contributed by atoms with Crippen LogP contribution in [0.4, 0.5) is 0 Å². The molecule has 0 radical (unpaired) electrons. The topological polar surface area (TPSA) is 62.0 Å². The van der Waals surface area contributed by atoms with Gasteiger partial charge in [-0.15, -0.1) is 0 Å². The van der Waals surface area contributed by atoms with Crippen molar-refractivity contribution in [3.05, 3.63) is 68.6 Å². The SMILES string of the molecule is Cc1[nH]c(=O)c(CNC(=O)c2ccccc2)c2c1CCCCC2. The van der Waals surface area contributed by atoms with E-state index in [-0.39, 0.29) is 18.0 Å². The number of aromatic nitrogens is 1. The first-order valence-corrected chi connectivity index (χ1v) is 8.23. The Kier molecular flexibility index (Phi) is 4.60. The minimum absolute atomic E-state index is 0.0727. The van der Waals surface area contributed by atoms with Gasteiger partial charge in [0.25, 0.3) is 11.5 Å². The average Bonchev–Trinajstić information content (AvgIpc) is 2.81. The fourth-order valence-electron chi connectivity index (χ4n) is 3.33. The van der Waals surface area contributed by atoms with Gasteiger partial charge in [-0.2, -0.15) is 0 Å². The summed E-state index contributed by atoms with van der Waals surface area (Å²) in [6, 6.07) is 9.09. The molecule has 0 saturated heterocycles. The van der Waals surface area contributed by atoms with Crippen molar-refractivity contribution in [3.63, 3.8) is 0 Å². The van der Waals surface area contributed by atoms with E-state index in [0.29, 0.717) is 5.56 Å². The van der Waals surface area contributed by atoms with Gasteiger partial charge in [0, 0.05) is 23.4 Å². The second-order valence-electron chi connectivity index (χ2n) is 6.12. The molecule has 2 N–H and O–H groups in total. The molecule has 0 spiro atoms. The van der Waals surface area contributed by atoms with Crippen molar-refractivity contribution in [2.24, 2.45) is 0 Å². The van der Waals surface area contributed by atoms with E-state index < -0.39 is 0 Å². The van der Waals surface area contributed by atoms with Gasteiger partial charge in [-0.05, 0) is 55.9 Å². The molecule has 4 heteroatoms. The van der Waals surface area contributed by atoms with Crippen LogP contribution in [0.2, 0.25) is 0 Å². The van der Waals surface area contributed by atoms with E-state index in [2.05, 4.69) is 10.3 Å². The molecule has 0 aliphatic heterocycles. The summed E-state index contributed by atoms with van der Waals surface area (Å²) in [4.78, 5) is 27.5. The highest BCUT2D eigenvalue weighted by Gasteiger charge is 2.18. The van der Waals surface area contributed by atoms with Crippen LogP contribution in [0, 0.1) is 6.92 Å². The molecule has 1 aliphatic rings. The third-order valence-electron chi connectivity index (χ3n) is 4.57. The summed E-state index contributed by atoms with van der Waals surface area (Å²) in [5.74, 6) is -0.145. The van der Waals surface area contributed by atoms with Gasteiger partial charge in [0.05, 0.1) is 0 Å². The number of H-pyrrole nitrogens is 1. The monoisotopic (exact) mass is 310 g/mol. The van der Waals surface area contributed by atoms with Gasteiger partial charge in [0.1, 0.15) is 0 Å². The number of hydrogen-bond acceptors (Lipinski definition) is 2. The summed E-state index contributed by atoms with van der Waals surface area (Å²) in [7, 11) is 0. The smallest absolute Gasteiger partial charge is 0.253 e. The molecular weight excluding hydrogens is 288 g/mol. The number of aromatic amines is 1. The molecule has 1 amide bonds. The Morgan fingerprint density at radius 3 is 2.52 bits per heavy atom. The number of fused-ring (bicyclic) bond motifs is 1. The maximum absolute atomic E-state index is 12.4. The largest absolute Gasteiger partial charge is 0.348 e. The summed E-state index contributed by atoms with van der Waals surface area (Å²) in [5.41, 5.74) is 4.66. The lowest BCUT2D eigenvalue weighted by Crippen LogP contribution is -2.29. The van der Waals surface area contributed by atoms with Gasteiger partial charge in [0.15, 0.2) is 0 Å². The molecule has 0 bridgehead atoms. The molecular formula is C19H22N2O2. The molecule has 0 fully saturated rings. The van der Waals surface area contributed by atoms with Crippen molar-refractivity contribution in [2.75, 3.05) is 0 Å². The summed E-state index contributed by atoms with van der Waals surface area (Å²) < 4.78 is 0. The van der Waals surface area contributed by atoms with E-state index in [1.165, 1.54) is 12.0 Å². The fourth-order valence-corrected chi connectivity index (χ4v) is 3.33. The van der Waals surface area contributed by atoms with Crippen LogP contribution in [-0.4, -0.2) is 10.9 Å². The first-order valence-electron chi connectivity index (χ1n) is 8.23. The number of carbonyl (C=O) groups excluding carboxylic acids is 1. The highest BCUT2D eigenvalue weighted by atomic mass is 16.1. The molecule has 1 aromatic heterocycles. The van der Waals surface area contributed by atoms with Crippen molar-refractivity contribution in [3.8, 4) is 0 Å². The van der Waals surface area contributed by atoms with Gasteiger partial charge in [-0.3, -0.25) is 9.59 Å². The zero-order chi connectivity index (χ0) is 16.2. The molecule has 4 nitrogen and oxygen atoms in total.